The molecule has 0 bridgehead atoms. The van der Waals surface area contributed by atoms with Crippen LogP contribution in [0.4, 0.5) is 9.59 Å². The first-order chi connectivity index (χ1) is 29.2. The molecule has 4 saturated heterocycles. The lowest BCUT2D eigenvalue weighted by Gasteiger charge is -2.33. The van der Waals surface area contributed by atoms with Gasteiger partial charge in [-0.2, -0.15) is 10.5 Å². The van der Waals surface area contributed by atoms with E-state index < -0.39 is 24.1 Å². The van der Waals surface area contributed by atoms with Crippen molar-refractivity contribution < 1.29 is 49.2 Å². The van der Waals surface area contributed by atoms with Gasteiger partial charge in [0.05, 0.1) is 25.2 Å². The van der Waals surface area contributed by atoms with Crippen LogP contribution in [-0.4, -0.2) is 202 Å². The molecule has 6 aliphatic rings. The van der Waals surface area contributed by atoms with Gasteiger partial charge >= 0.3 is 24.0 Å². The minimum absolute atomic E-state index is 0.0138. The number of rotatable bonds is 11. The van der Waals surface area contributed by atoms with Gasteiger partial charge < -0.3 is 60.5 Å². The third kappa shape index (κ3) is 11.8. The van der Waals surface area contributed by atoms with E-state index in [4.69, 9.17) is 20.4 Å². The first kappa shape index (κ1) is 49.9. The normalized spacial score (nSPS) is 30.4. The number of nitrogens with one attached hydrogen (secondary N) is 2. The standard InChI is InChI=1S/2C19H31N5O2.C4H6O6/c2*1-4-19(21-11-17(25)24-7-5-6-16(24)10-20)8-14-12-23(13-15(14)9-19)18(26)22(2)3;5-1(3(7)8)2(6)4(9)10/h2*14-16,21H,4-9,11-13H2,1-3H3;1-2,5-6H,(H,7,8)(H,9,10)/t2*14-,15+,16-,19?;/m00./s1. The van der Waals surface area contributed by atoms with Crippen LogP contribution in [0.15, 0.2) is 0 Å². The van der Waals surface area contributed by atoms with Crippen LogP contribution >= 0.6 is 0 Å². The summed E-state index contributed by atoms with van der Waals surface area (Å²) in [6, 6.07) is 4.17. The summed E-state index contributed by atoms with van der Waals surface area (Å²) in [5, 5.41) is 58.0. The molecule has 20 nitrogen and oxygen atoms in total. The Hall–Kier alpha value is -4.76. The molecule has 2 aliphatic carbocycles. The van der Waals surface area contributed by atoms with E-state index in [0.29, 0.717) is 49.9 Å². The van der Waals surface area contributed by atoms with E-state index >= 15 is 0 Å². The molecule has 0 radical (unpaired) electrons. The number of hydrogen-bond donors (Lipinski definition) is 6. The number of amides is 6. The average Bonchev–Trinajstić information content (AvgIpc) is 4.11. The van der Waals surface area contributed by atoms with Crippen molar-refractivity contribution in [2.45, 2.75) is 113 Å². The molecule has 0 spiro atoms. The molecule has 6 rings (SSSR count). The Kier molecular flexibility index (Phi) is 17.3. The number of carboxylic acids is 2. The summed E-state index contributed by atoms with van der Waals surface area (Å²) in [4.78, 5) is 79.7. The van der Waals surface area contributed by atoms with Crippen LogP contribution in [0.25, 0.3) is 0 Å². The number of hydrogen-bond acceptors (Lipinski definition) is 12. The monoisotopic (exact) mass is 873 g/mol. The number of nitrogens with zero attached hydrogens (tertiary/aromatic N) is 8. The first-order valence-corrected chi connectivity index (χ1v) is 21.9. The van der Waals surface area contributed by atoms with Crippen molar-refractivity contribution in [1.29, 1.82) is 10.5 Å². The number of urea groups is 2. The fourth-order valence-corrected chi connectivity index (χ4v) is 10.4. The number of likely N-dealkylation sites (tertiary alicyclic amines) is 4. The molecule has 4 unspecified atom stereocenters. The number of carboxylic acid groups (broad SMARTS) is 2. The Morgan fingerprint density at radius 2 is 0.935 bits per heavy atom. The largest absolute Gasteiger partial charge is 0.479 e. The van der Waals surface area contributed by atoms with Crippen molar-refractivity contribution in [2.75, 3.05) is 80.5 Å². The first-order valence-electron chi connectivity index (χ1n) is 21.9. The topological polar surface area (TPSA) is 274 Å². The molecular weight excluding hydrogens is 805 g/mol. The Morgan fingerprint density at radius 3 is 1.18 bits per heavy atom. The molecule has 0 aromatic rings. The van der Waals surface area contributed by atoms with Crippen LogP contribution in [0.1, 0.15) is 78.1 Å². The maximum absolute atomic E-state index is 12.5. The lowest BCUT2D eigenvalue weighted by atomic mass is 9.92. The summed E-state index contributed by atoms with van der Waals surface area (Å²) < 4.78 is 0. The van der Waals surface area contributed by atoms with Gasteiger partial charge in [-0.05, 0) is 87.9 Å². The highest BCUT2D eigenvalue weighted by Gasteiger charge is 2.51. The molecule has 6 fully saturated rings. The number of carbonyl (C=O) groups is 6. The van der Waals surface area contributed by atoms with Gasteiger partial charge in [-0.1, -0.05) is 13.8 Å². The SMILES string of the molecule is CCC1(NCC(=O)N2CCC[C@H]2C#N)C[C@H]2CN(C(=O)N(C)C)C[C@H]2C1.CCC1(NCC(=O)N2CCC[C@H]2C#N)C[C@H]2CN(C(=O)N(C)C)C[C@H]2C1.O=C(O)C(O)C(O)C(=O)O. The van der Waals surface area contributed by atoms with E-state index in [-0.39, 0.29) is 47.0 Å². The van der Waals surface area contributed by atoms with Crippen molar-refractivity contribution in [3.05, 3.63) is 0 Å². The molecule has 6 amide bonds. The predicted molar refractivity (Wildman–Crippen MR) is 224 cm³/mol. The van der Waals surface area contributed by atoms with Gasteiger partial charge in [-0.3, -0.25) is 9.59 Å². The second kappa shape index (κ2) is 21.5. The zero-order valence-corrected chi connectivity index (χ0v) is 37.2. The van der Waals surface area contributed by atoms with E-state index in [1.165, 1.54) is 0 Å². The fraction of sp³-hybridized carbons (Fsp3) is 0.810. The highest BCUT2D eigenvalue weighted by atomic mass is 16.4. The molecule has 2 saturated carbocycles. The number of carbonyl (C=O) groups excluding carboxylic acids is 4. The van der Waals surface area contributed by atoms with E-state index in [0.717, 1.165) is 90.4 Å². The summed E-state index contributed by atoms with van der Waals surface area (Å²) in [6.07, 6.45) is 4.91. The summed E-state index contributed by atoms with van der Waals surface area (Å²) in [5.74, 6) is -1.39. The Balaban J connectivity index is 0.000000225. The third-order valence-electron chi connectivity index (χ3n) is 13.9. The van der Waals surface area contributed by atoms with Crippen LogP contribution in [0.5, 0.6) is 0 Å². The zero-order valence-electron chi connectivity index (χ0n) is 37.2. The molecule has 4 aliphatic heterocycles. The molecule has 6 N–H and O–H groups in total. The van der Waals surface area contributed by atoms with Gasteiger partial charge in [0.15, 0.2) is 12.2 Å². The minimum Gasteiger partial charge on any atom is -0.479 e. The Morgan fingerprint density at radius 1 is 0.629 bits per heavy atom. The molecule has 346 valence electrons. The fourth-order valence-electron chi connectivity index (χ4n) is 10.4. The predicted octanol–water partition coefficient (Wildman–Crippen LogP) is 0.403. The number of nitriles is 2. The molecular formula is C42H68N10O10. The van der Waals surface area contributed by atoms with E-state index in [1.807, 2.05) is 9.80 Å². The van der Waals surface area contributed by atoms with Crippen LogP contribution in [0.2, 0.25) is 0 Å². The van der Waals surface area contributed by atoms with Crippen molar-refractivity contribution in [1.82, 2.24) is 40.0 Å². The Labute approximate surface area is 364 Å². The van der Waals surface area contributed by atoms with Crippen LogP contribution in [0, 0.1) is 46.3 Å². The average molecular weight is 873 g/mol. The van der Waals surface area contributed by atoms with E-state index in [1.54, 1.807) is 47.8 Å². The van der Waals surface area contributed by atoms with Gasteiger partial charge in [-0.15, -0.1) is 0 Å². The van der Waals surface area contributed by atoms with Crippen LogP contribution in [-0.2, 0) is 19.2 Å². The van der Waals surface area contributed by atoms with Crippen LogP contribution in [0.3, 0.4) is 0 Å². The summed E-state index contributed by atoms with van der Waals surface area (Å²) in [7, 11) is 7.19. The molecule has 20 heteroatoms. The minimum atomic E-state index is -2.27. The van der Waals surface area contributed by atoms with Crippen molar-refractivity contribution in [3.8, 4) is 12.1 Å². The summed E-state index contributed by atoms with van der Waals surface area (Å²) in [6.45, 7) is 9.66. The van der Waals surface area contributed by atoms with E-state index in [9.17, 15) is 39.3 Å². The highest BCUT2D eigenvalue weighted by molar-refractivity contribution is 5.83. The molecule has 62 heavy (non-hydrogen) atoms. The van der Waals surface area contributed by atoms with Gasteiger partial charge in [0.2, 0.25) is 11.8 Å². The van der Waals surface area contributed by atoms with Gasteiger partial charge in [-0.25, -0.2) is 19.2 Å². The number of aliphatic carboxylic acids is 2. The molecule has 0 aromatic heterocycles. The summed E-state index contributed by atoms with van der Waals surface area (Å²) in [5.41, 5.74) is -0.0276. The zero-order chi connectivity index (χ0) is 46.1. The van der Waals surface area contributed by atoms with Crippen molar-refractivity contribution >= 4 is 35.8 Å². The summed E-state index contributed by atoms with van der Waals surface area (Å²) >= 11 is 0. The second-order valence-corrected chi connectivity index (χ2v) is 18.3. The molecule has 0 aromatic carbocycles. The second-order valence-electron chi connectivity index (χ2n) is 18.3. The Bertz CT molecular complexity index is 1570. The van der Waals surface area contributed by atoms with Gasteiger partial charge in [0, 0.05) is 78.5 Å². The van der Waals surface area contributed by atoms with Crippen LogP contribution < -0.4 is 10.6 Å². The lowest BCUT2D eigenvalue weighted by molar-refractivity contribution is -0.165. The quantitative estimate of drug-likeness (QED) is 0.164. The van der Waals surface area contributed by atoms with Crippen molar-refractivity contribution in [2.24, 2.45) is 23.7 Å². The van der Waals surface area contributed by atoms with Crippen molar-refractivity contribution in [3.63, 3.8) is 0 Å². The maximum atomic E-state index is 12.5. The third-order valence-corrected chi connectivity index (χ3v) is 13.9. The smallest absolute Gasteiger partial charge is 0.335 e. The van der Waals surface area contributed by atoms with E-state index in [2.05, 4.69) is 36.6 Å². The number of fused-ring (bicyclic) bond motifs is 2. The van der Waals surface area contributed by atoms with Gasteiger partial charge in [0.1, 0.15) is 12.1 Å². The lowest BCUT2D eigenvalue weighted by Crippen LogP contribution is -2.50. The molecule has 10 atom stereocenters. The number of aliphatic hydroxyl groups is 2. The number of aliphatic hydroxyl groups excluding tert-OH is 2. The molecule has 4 heterocycles. The maximum Gasteiger partial charge on any atom is 0.335 e. The highest BCUT2D eigenvalue weighted by Crippen LogP contribution is 2.46. The van der Waals surface area contributed by atoms with Gasteiger partial charge in [0.25, 0.3) is 0 Å².